The summed E-state index contributed by atoms with van der Waals surface area (Å²) >= 11 is 0. The molecule has 0 aliphatic carbocycles. The Bertz CT molecular complexity index is 712. The van der Waals surface area contributed by atoms with Gasteiger partial charge in [0.1, 0.15) is 5.75 Å². The lowest BCUT2D eigenvalue weighted by atomic mass is 10.2. The molecule has 5 heteroatoms. The maximum absolute atomic E-state index is 10.9. The van der Waals surface area contributed by atoms with Gasteiger partial charge in [-0.25, -0.2) is 0 Å². The molecule has 0 unspecified atom stereocenters. The van der Waals surface area contributed by atoms with E-state index in [0.717, 1.165) is 28.6 Å². The number of hydrogen-bond donors (Lipinski definition) is 2. The fourth-order valence-corrected chi connectivity index (χ4v) is 1.97. The Morgan fingerprint density at radius 3 is 3.00 bits per heavy atom. The fourth-order valence-electron chi connectivity index (χ4n) is 1.97. The largest absolute Gasteiger partial charge is 0.497 e. The molecule has 90 valence electrons. The number of carbonyl (C=O) groups is 1. The van der Waals surface area contributed by atoms with Crippen molar-refractivity contribution in [1.82, 2.24) is 15.2 Å². The number of aromatic amines is 2. The van der Waals surface area contributed by atoms with Gasteiger partial charge in [-0.05, 0) is 18.2 Å². The number of nitrogens with one attached hydrogen (secondary N) is 2. The average molecular weight is 241 g/mol. The molecule has 0 aliphatic rings. The van der Waals surface area contributed by atoms with Crippen molar-refractivity contribution in [3.05, 3.63) is 36.0 Å². The summed E-state index contributed by atoms with van der Waals surface area (Å²) in [5, 5.41) is 7.74. The van der Waals surface area contributed by atoms with E-state index in [2.05, 4.69) is 15.2 Å². The molecule has 2 N–H and O–H groups in total. The number of aromatic nitrogens is 3. The molecule has 3 rings (SSSR count). The smallest absolute Gasteiger partial charge is 0.153 e. The van der Waals surface area contributed by atoms with Gasteiger partial charge in [0.2, 0.25) is 0 Å². The molecule has 0 amide bonds. The highest BCUT2D eigenvalue weighted by Crippen LogP contribution is 2.26. The number of benzene rings is 1. The molecule has 18 heavy (non-hydrogen) atoms. The lowest BCUT2D eigenvalue weighted by molar-refractivity contribution is 0.112. The van der Waals surface area contributed by atoms with Gasteiger partial charge in [0, 0.05) is 17.0 Å². The molecule has 1 aromatic carbocycles. The molecular formula is C13H11N3O2. The quantitative estimate of drug-likeness (QED) is 0.691. The van der Waals surface area contributed by atoms with Crippen molar-refractivity contribution in [1.29, 1.82) is 0 Å². The van der Waals surface area contributed by atoms with Gasteiger partial charge in [0.15, 0.2) is 6.29 Å². The van der Waals surface area contributed by atoms with E-state index in [1.807, 2.05) is 24.3 Å². The number of methoxy groups -OCH3 is 1. The van der Waals surface area contributed by atoms with Crippen LogP contribution in [-0.2, 0) is 0 Å². The molecule has 0 fully saturated rings. The summed E-state index contributed by atoms with van der Waals surface area (Å²) in [4.78, 5) is 14.1. The maximum atomic E-state index is 10.9. The van der Waals surface area contributed by atoms with E-state index in [-0.39, 0.29) is 0 Å². The lowest BCUT2D eigenvalue weighted by Gasteiger charge is -1.97. The van der Waals surface area contributed by atoms with Crippen molar-refractivity contribution >= 4 is 17.2 Å². The molecule has 0 saturated carbocycles. The van der Waals surface area contributed by atoms with E-state index in [1.165, 1.54) is 6.20 Å². The third-order valence-electron chi connectivity index (χ3n) is 2.89. The van der Waals surface area contributed by atoms with E-state index in [1.54, 1.807) is 7.11 Å². The first-order valence-corrected chi connectivity index (χ1v) is 5.47. The molecule has 2 aromatic heterocycles. The Morgan fingerprint density at radius 1 is 1.33 bits per heavy atom. The highest BCUT2D eigenvalue weighted by atomic mass is 16.5. The van der Waals surface area contributed by atoms with Crippen LogP contribution in [0.2, 0.25) is 0 Å². The van der Waals surface area contributed by atoms with E-state index >= 15 is 0 Å². The van der Waals surface area contributed by atoms with Gasteiger partial charge in [0.25, 0.3) is 0 Å². The fraction of sp³-hybridized carbons (Fsp3) is 0.0769. The molecular weight excluding hydrogens is 230 g/mol. The maximum Gasteiger partial charge on any atom is 0.153 e. The van der Waals surface area contributed by atoms with E-state index in [9.17, 15) is 4.79 Å². The van der Waals surface area contributed by atoms with Crippen molar-refractivity contribution < 1.29 is 9.53 Å². The van der Waals surface area contributed by atoms with E-state index < -0.39 is 0 Å². The minimum absolute atomic E-state index is 0.536. The first kappa shape index (κ1) is 10.6. The van der Waals surface area contributed by atoms with E-state index in [4.69, 9.17) is 4.74 Å². The second kappa shape index (κ2) is 4.03. The zero-order chi connectivity index (χ0) is 12.5. The minimum atomic E-state index is 0.536. The SMILES string of the molecule is COc1ccc2cc(-c3[nH]ncc3C=O)[nH]c2c1. The van der Waals surface area contributed by atoms with Crippen LogP contribution in [0.3, 0.4) is 0 Å². The number of ether oxygens (including phenoxy) is 1. The van der Waals surface area contributed by atoms with Crippen LogP contribution in [0.15, 0.2) is 30.5 Å². The molecule has 2 heterocycles. The van der Waals surface area contributed by atoms with Crippen LogP contribution >= 0.6 is 0 Å². The van der Waals surface area contributed by atoms with Crippen LogP contribution in [-0.4, -0.2) is 28.6 Å². The molecule has 0 aliphatic heterocycles. The van der Waals surface area contributed by atoms with E-state index in [0.29, 0.717) is 11.3 Å². The summed E-state index contributed by atoms with van der Waals surface area (Å²) in [6.07, 6.45) is 2.29. The highest BCUT2D eigenvalue weighted by Gasteiger charge is 2.10. The molecule has 5 nitrogen and oxygen atoms in total. The zero-order valence-corrected chi connectivity index (χ0v) is 9.73. The standard InChI is InChI=1S/C13H11N3O2/c1-18-10-3-2-8-4-12(15-11(8)5-10)13-9(7-17)6-14-16-13/h2-7,15H,1H3,(H,14,16). The lowest BCUT2D eigenvalue weighted by Crippen LogP contribution is -1.83. The summed E-state index contributed by atoms with van der Waals surface area (Å²) in [5.41, 5.74) is 3.02. The predicted molar refractivity (Wildman–Crippen MR) is 67.8 cm³/mol. The van der Waals surface area contributed by atoms with Crippen LogP contribution in [0, 0.1) is 0 Å². The number of carbonyl (C=O) groups excluding carboxylic acids is 1. The monoisotopic (exact) mass is 241 g/mol. The van der Waals surface area contributed by atoms with Crippen molar-refractivity contribution in [2.24, 2.45) is 0 Å². The Kier molecular flexibility index (Phi) is 2.37. The van der Waals surface area contributed by atoms with Crippen molar-refractivity contribution in [3.63, 3.8) is 0 Å². The third-order valence-corrected chi connectivity index (χ3v) is 2.89. The summed E-state index contributed by atoms with van der Waals surface area (Å²) < 4.78 is 5.17. The number of nitrogens with zero attached hydrogens (tertiary/aromatic N) is 1. The van der Waals surface area contributed by atoms with Gasteiger partial charge in [-0.1, -0.05) is 0 Å². The first-order valence-electron chi connectivity index (χ1n) is 5.47. The Morgan fingerprint density at radius 2 is 2.22 bits per heavy atom. The summed E-state index contributed by atoms with van der Waals surface area (Å²) in [7, 11) is 1.63. The molecule has 0 bridgehead atoms. The number of fused-ring (bicyclic) bond motifs is 1. The Hall–Kier alpha value is -2.56. The van der Waals surface area contributed by atoms with Gasteiger partial charge in [0.05, 0.1) is 30.3 Å². The van der Waals surface area contributed by atoms with Crippen LogP contribution in [0.25, 0.3) is 22.3 Å². The van der Waals surface area contributed by atoms with Crippen molar-refractivity contribution in [2.75, 3.05) is 7.11 Å². The topological polar surface area (TPSA) is 70.8 Å². The van der Waals surface area contributed by atoms with Crippen molar-refractivity contribution in [2.45, 2.75) is 0 Å². The third kappa shape index (κ3) is 1.57. The number of hydrogen-bond acceptors (Lipinski definition) is 3. The van der Waals surface area contributed by atoms with Gasteiger partial charge < -0.3 is 9.72 Å². The normalized spacial score (nSPS) is 10.7. The second-order valence-corrected chi connectivity index (χ2v) is 3.95. The molecule has 0 atom stereocenters. The van der Waals surface area contributed by atoms with Crippen LogP contribution < -0.4 is 4.74 Å². The number of H-pyrrole nitrogens is 2. The van der Waals surface area contributed by atoms with Crippen LogP contribution in [0.5, 0.6) is 5.75 Å². The minimum Gasteiger partial charge on any atom is -0.497 e. The van der Waals surface area contributed by atoms with Gasteiger partial charge >= 0.3 is 0 Å². The molecule has 3 aromatic rings. The summed E-state index contributed by atoms with van der Waals surface area (Å²) in [5.74, 6) is 0.788. The van der Waals surface area contributed by atoms with Gasteiger partial charge in [-0.3, -0.25) is 9.89 Å². The molecule has 0 spiro atoms. The number of rotatable bonds is 3. The summed E-state index contributed by atoms with van der Waals surface area (Å²) in [6.45, 7) is 0. The molecule has 0 radical (unpaired) electrons. The van der Waals surface area contributed by atoms with Gasteiger partial charge in [-0.15, -0.1) is 0 Å². The first-order chi connectivity index (χ1) is 8.81. The average Bonchev–Trinajstić information content (AvgIpc) is 3.03. The Balaban J connectivity index is 2.16. The second-order valence-electron chi connectivity index (χ2n) is 3.95. The highest BCUT2D eigenvalue weighted by molar-refractivity contribution is 5.90. The Labute approximate surface area is 103 Å². The summed E-state index contributed by atoms with van der Waals surface area (Å²) in [6, 6.07) is 7.74. The zero-order valence-electron chi connectivity index (χ0n) is 9.73. The number of aldehydes is 1. The van der Waals surface area contributed by atoms with Crippen LogP contribution in [0.1, 0.15) is 10.4 Å². The van der Waals surface area contributed by atoms with Crippen molar-refractivity contribution in [3.8, 4) is 17.1 Å². The predicted octanol–water partition coefficient (Wildman–Crippen LogP) is 2.38. The van der Waals surface area contributed by atoms with Crippen LogP contribution in [0.4, 0.5) is 0 Å². The van der Waals surface area contributed by atoms with Gasteiger partial charge in [-0.2, -0.15) is 5.10 Å². The molecule has 0 saturated heterocycles.